The molecule has 24 nitrogen and oxygen atoms in total. The molecule has 6 fully saturated rings. The molecule has 0 spiro atoms. The van der Waals surface area contributed by atoms with E-state index in [1.165, 1.54) is 122 Å². The Kier molecular flexibility index (Phi) is 256. The number of nitrogens with zero attached hydrogens (tertiary/aromatic N) is 18. The molecule has 9 aromatic heterocycles. The molecule has 6 aliphatic rings. The topological polar surface area (TPSA) is 192 Å². The minimum absolute atomic E-state index is 0. The van der Waals surface area contributed by atoms with E-state index in [1.54, 1.807) is 89.9 Å². The molecule has 1 N–H and O–H groups in total. The summed E-state index contributed by atoms with van der Waals surface area (Å²) in [6.07, 6.45) is 37.6. The number of pyridine rings is 1. The largest absolute Gasteiger partial charge is 0.473 e. The number of hydrogen-bond acceptors (Lipinski definition) is 19. The number of thiophene rings is 1. The van der Waals surface area contributed by atoms with Crippen molar-refractivity contribution < 1.29 is 285 Å². The van der Waals surface area contributed by atoms with Crippen molar-refractivity contribution in [2.45, 2.75) is 136 Å². The molecule has 2 aromatic carbocycles. The van der Waals surface area contributed by atoms with Gasteiger partial charge < -0.3 is 131 Å². The van der Waals surface area contributed by atoms with E-state index in [0.717, 1.165) is 52.5 Å². The van der Waals surface area contributed by atoms with Crippen LogP contribution in [0.25, 0.3) is 0 Å². The summed E-state index contributed by atoms with van der Waals surface area (Å²) in [6, 6.07) is 49.2. The summed E-state index contributed by atoms with van der Waals surface area (Å²) < 4.78 is 30.9. The van der Waals surface area contributed by atoms with Crippen LogP contribution in [0.2, 0.25) is 0 Å². The number of hydrogen-bond donors (Lipinski definition) is 1. The molecule has 11 aromatic rings. The third-order valence-electron chi connectivity index (χ3n) is 15.7. The summed E-state index contributed by atoms with van der Waals surface area (Å²) in [6.45, 7) is 57.9. The molecule has 8 radical (unpaired) electrons. The number of morpholine rings is 1. The molecule has 0 unspecified atom stereocenters. The van der Waals surface area contributed by atoms with Crippen LogP contribution in [-0.4, -0.2) is 275 Å². The van der Waals surface area contributed by atoms with Gasteiger partial charge in [0.1, 0.15) is 6.26 Å². The van der Waals surface area contributed by atoms with Gasteiger partial charge in [-0.1, -0.05) is 199 Å². The maximum absolute atomic E-state index is 7.50. The van der Waals surface area contributed by atoms with Crippen LogP contribution in [0.15, 0.2) is 277 Å². The van der Waals surface area contributed by atoms with Crippen molar-refractivity contribution in [2.75, 3.05) is 187 Å². The standard InChI is InChI=1S/C7H8.2C6H14N2.C6H13N.C6H6.C5H12N2O.C5H11NO.C5H11N.2C5H7N.C5H5N.3C4H6N2.C4H4O.C4H4S.C3H3NO.7C2H6.CO.8CH3.8Y/c1-7-5-3-2-4-6-7;2*1-7-3-5-8(2)6-4-7;1-7-5-3-2-4-6-7;1-2-4-6-5-3-1;1-8-7-4-2-6-3-5-7;1-6-2-4-7-5-3-6;3*1-6-4-2-3-5-6;1-2-4-6-5-3-1;1-6-3-2-5-4-6;2*1-6-4-2-3-5-6;3*1-2-4-5-3-1;8*1-2;;;;;;;;;;;;;;;;/h2-6H,1H3;2*3-6H2,1-2H3;2-6H2,1H3;1-6H;6H,2-5H2,1H3;2-5H2,1H3;2-5H2,1H3;2*2-5H,1H3;1-5H;3*2-4H,1H3;2*1-4H;1-3H;7*1-2H3;;8*1H3;;;;;;;;/q;;;;;;;;;;;;;;;;;;;;;;;;;8*-1;;;;;;;;. The third kappa shape index (κ3) is 171. The molecule has 33 heteroatoms. The Morgan fingerprint density at radius 1 is 0.314 bits per heavy atom. The second kappa shape index (κ2) is 178. The van der Waals surface area contributed by atoms with Crippen LogP contribution in [0.4, 0.5) is 0 Å². The van der Waals surface area contributed by atoms with E-state index in [0.29, 0.717) is 0 Å². The summed E-state index contributed by atoms with van der Waals surface area (Å²) in [5, 5.41) is 20.3. The van der Waals surface area contributed by atoms with Crippen molar-refractivity contribution in [3.05, 3.63) is 340 Å². The Morgan fingerprint density at radius 3 is 0.764 bits per heavy atom. The molecule has 6 saturated heterocycles. The van der Waals surface area contributed by atoms with Crippen LogP contribution in [0.5, 0.6) is 0 Å². The van der Waals surface area contributed by atoms with Crippen LogP contribution in [-0.2, 0) is 311 Å². The van der Waals surface area contributed by atoms with Crippen LogP contribution >= 0.6 is 11.3 Å². The molecule has 0 aliphatic carbocycles. The Hall–Kier alpha value is 0.101. The summed E-state index contributed by atoms with van der Waals surface area (Å²) in [5.74, 6) is 0. The molecule has 0 amide bonds. The monoisotopic (exact) mass is 2580 g/mol. The van der Waals surface area contributed by atoms with Crippen LogP contribution in [0.3, 0.4) is 0 Å². The fourth-order valence-corrected chi connectivity index (χ4v) is 9.39. The van der Waals surface area contributed by atoms with Gasteiger partial charge in [-0.3, -0.25) is 14.3 Å². The fourth-order valence-electron chi connectivity index (χ4n) is 8.94. The molecule has 6 aliphatic heterocycles. The van der Waals surface area contributed by atoms with Gasteiger partial charge in [0.05, 0.1) is 45.4 Å². The SMILES string of the molecule is CC.CC.CC.CC.CC.CC.CC.CN1CCCC1.CN1CCCCC1.CN1CCN(C)CC1.CN1CCN(C)CC1.CN1CCOCC1.CON1CCNCC1.Cc1ccccc1.Cn1cccc1.Cn1cccc1.Cn1cccn1.Cn1cccn1.Cn1ccnc1.[C-]#[O+].[CH3-].[CH3-].[CH3-].[CH3-].[CH3-].[CH3-].[CH3-].[CH3-].[Y].[Y].[Y].[Y].[Y].[Y].[Y].[Y].c1ccccc1.c1ccncc1.c1ccoc1.c1ccsc1.c1cnoc1. The van der Waals surface area contributed by atoms with Crippen LogP contribution < -0.4 is 5.32 Å². The van der Waals surface area contributed by atoms with Gasteiger partial charge >= 0.3 is 11.3 Å². The molecule has 794 valence electrons. The van der Waals surface area contributed by atoms with Gasteiger partial charge in [-0.05, 0) is 186 Å². The Bertz CT molecular complexity index is 2910. The number of aryl methyl sites for hydroxylation is 6. The molecule has 17 rings (SSSR count). The smallest absolute Gasteiger partial charge is 0.123 e. The van der Waals surface area contributed by atoms with Crippen molar-refractivity contribution >= 4 is 11.3 Å². The number of piperazine rings is 3. The van der Waals surface area contributed by atoms with Crippen molar-refractivity contribution in [3.63, 3.8) is 0 Å². The number of imidazole rings is 1. The summed E-state index contributed by atoms with van der Waals surface area (Å²) in [4.78, 5) is 29.0. The van der Waals surface area contributed by atoms with Crippen LogP contribution in [0.1, 0.15) is 135 Å². The van der Waals surface area contributed by atoms with Gasteiger partial charge in [0.2, 0.25) is 0 Å². The molecule has 0 atom stereocenters. The zero-order valence-electron chi connectivity index (χ0n) is 95.7. The van der Waals surface area contributed by atoms with E-state index in [2.05, 4.69) is 149 Å². The Balaban J connectivity index is -0.0000000457. The molecule has 0 saturated carbocycles. The Labute approximate surface area is 1070 Å². The number of furan rings is 1. The first-order valence-corrected chi connectivity index (χ1v) is 45.7. The molecule has 0 bridgehead atoms. The number of rotatable bonds is 1. The minimum Gasteiger partial charge on any atom is -0.473 e. The van der Waals surface area contributed by atoms with E-state index in [1.807, 2.05) is 339 Å². The second-order valence-corrected chi connectivity index (χ2v) is 26.6. The van der Waals surface area contributed by atoms with Gasteiger partial charge in [0.25, 0.3) is 0 Å². The first kappa shape index (κ1) is 201. The summed E-state index contributed by atoms with van der Waals surface area (Å²) in [7, 11) is 26.6. The average Bonchev–Trinajstić information content (AvgIpc) is 1.01. The van der Waals surface area contributed by atoms with Gasteiger partial charge in [-0.2, -0.15) is 26.6 Å². The van der Waals surface area contributed by atoms with E-state index < -0.39 is 0 Å². The van der Waals surface area contributed by atoms with Crippen molar-refractivity contribution in [1.29, 1.82) is 0 Å². The molecular formula is C107H203N19O5SY8-8. The van der Waals surface area contributed by atoms with Crippen molar-refractivity contribution in [2.24, 2.45) is 35.2 Å². The van der Waals surface area contributed by atoms with Gasteiger partial charge in [0, 0.05) is 463 Å². The fraction of sp³-hybridized carbons (Fsp3) is 0.495. The number of piperidine rings is 1. The molecular weight excluding hydrogens is 2370 g/mol. The van der Waals surface area contributed by atoms with Crippen molar-refractivity contribution in [3.8, 4) is 0 Å². The maximum atomic E-state index is 7.50. The zero-order valence-corrected chi connectivity index (χ0v) is 119. The quantitative estimate of drug-likeness (QED) is 0.120. The summed E-state index contributed by atoms with van der Waals surface area (Å²) >= 11 is 1.71. The molecule has 15 heterocycles. The predicted octanol–water partition coefficient (Wildman–Crippen LogP) is 23.4. The van der Waals surface area contributed by atoms with Crippen LogP contribution in [0, 0.1) is 73.0 Å². The van der Waals surface area contributed by atoms with E-state index in [9.17, 15) is 0 Å². The first-order chi connectivity index (χ1) is 60.6. The number of nitrogens with one attached hydrogen (secondary N) is 1. The van der Waals surface area contributed by atoms with Gasteiger partial charge in [-0.25, -0.2) is 4.98 Å². The van der Waals surface area contributed by atoms with Crippen molar-refractivity contribution in [1.82, 2.24) is 93.1 Å². The normalized spacial score (nSPS) is 12.2. The number of hydroxylamine groups is 2. The van der Waals surface area contributed by atoms with E-state index in [-0.39, 0.29) is 321 Å². The summed E-state index contributed by atoms with van der Waals surface area (Å²) in [5.41, 5.74) is 1.32. The Morgan fingerprint density at radius 2 is 0.629 bits per heavy atom. The number of likely N-dealkylation sites (tertiary alicyclic amines) is 2. The number of ether oxygens (including phenoxy) is 1. The second-order valence-electron chi connectivity index (χ2n) is 25.8. The van der Waals surface area contributed by atoms with E-state index >= 15 is 0 Å². The average molecular weight is 2580 g/mol. The van der Waals surface area contributed by atoms with Gasteiger partial charge in [0.15, 0.2) is 0 Å². The van der Waals surface area contributed by atoms with E-state index in [4.69, 9.17) is 14.2 Å². The number of benzene rings is 2. The first-order valence-electron chi connectivity index (χ1n) is 44.7. The minimum atomic E-state index is 0. The zero-order chi connectivity index (χ0) is 94.7. The van der Waals surface area contributed by atoms with Gasteiger partial charge in [-0.15, -0.1) is 0 Å². The predicted molar refractivity (Wildman–Crippen MR) is 584 cm³/mol. The number of likely N-dealkylation sites (N-methyl/N-ethyl adjacent to an activating group) is 5. The third-order valence-corrected chi connectivity index (χ3v) is 16.3. The number of aromatic nitrogens is 10. The maximum Gasteiger partial charge on any atom is 0.123 e. The molecule has 140 heavy (non-hydrogen) atoms.